The predicted molar refractivity (Wildman–Crippen MR) is 40.1 cm³/mol. The van der Waals surface area contributed by atoms with Gasteiger partial charge >= 0.3 is 0 Å². The van der Waals surface area contributed by atoms with Crippen LogP contribution in [0.1, 0.15) is 27.7 Å². The van der Waals surface area contributed by atoms with Crippen LogP contribution >= 0.6 is 0 Å². The Balaban J connectivity index is 0. The molecular formula is C6H18N2O. The zero-order chi connectivity index (χ0) is 7.00. The van der Waals surface area contributed by atoms with Crippen LogP contribution in [-0.4, -0.2) is 16.6 Å². The van der Waals surface area contributed by atoms with Crippen LogP contribution in [-0.2, 0) is 0 Å². The first-order valence-corrected chi connectivity index (χ1v) is 2.83. The van der Waals surface area contributed by atoms with Crippen molar-refractivity contribution in [3.63, 3.8) is 0 Å². The van der Waals surface area contributed by atoms with Gasteiger partial charge in [0.25, 0.3) is 0 Å². The molecule has 0 fully saturated rings. The van der Waals surface area contributed by atoms with E-state index in [2.05, 4.69) is 0 Å². The Morgan fingerprint density at radius 1 is 0.778 bits per heavy atom. The summed E-state index contributed by atoms with van der Waals surface area (Å²) in [5.74, 6) is 0. The van der Waals surface area contributed by atoms with Gasteiger partial charge in [-0.1, -0.05) is 0 Å². The summed E-state index contributed by atoms with van der Waals surface area (Å²) in [5, 5.41) is 0. The SMILES string of the molecule is CC(C)(N)C(C)(C)N.O. The molecule has 0 aromatic carbocycles. The molecule has 0 spiro atoms. The predicted octanol–water partition coefficient (Wildman–Crippen LogP) is -0.364. The van der Waals surface area contributed by atoms with Gasteiger partial charge in [-0.2, -0.15) is 0 Å². The number of rotatable bonds is 1. The van der Waals surface area contributed by atoms with Crippen molar-refractivity contribution in [2.75, 3.05) is 0 Å². The van der Waals surface area contributed by atoms with Gasteiger partial charge in [-0.25, -0.2) is 0 Å². The molecule has 58 valence electrons. The van der Waals surface area contributed by atoms with Crippen LogP contribution in [0.4, 0.5) is 0 Å². The molecule has 0 unspecified atom stereocenters. The second-order valence-corrected chi connectivity index (χ2v) is 3.44. The topological polar surface area (TPSA) is 83.5 Å². The normalized spacial score (nSPS) is 12.7. The van der Waals surface area contributed by atoms with E-state index in [0.717, 1.165) is 0 Å². The van der Waals surface area contributed by atoms with E-state index in [1.54, 1.807) is 0 Å². The molecule has 3 heteroatoms. The third-order valence-corrected chi connectivity index (χ3v) is 1.66. The molecule has 0 aliphatic rings. The summed E-state index contributed by atoms with van der Waals surface area (Å²) in [6.45, 7) is 7.69. The minimum Gasteiger partial charge on any atom is -0.412 e. The molecule has 0 aliphatic carbocycles. The number of nitrogens with two attached hydrogens (primary N) is 2. The molecule has 3 nitrogen and oxygen atoms in total. The lowest BCUT2D eigenvalue weighted by atomic mass is 9.85. The first kappa shape index (κ1) is 11.6. The lowest BCUT2D eigenvalue weighted by Gasteiger charge is -2.34. The Morgan fingerprint density at radius 3 is 0.889 bits per heavy atom. The Morgan fingerprint density at radius 2 is 0.889 bits per heavy atom. The molecule has 0 aliphatic heterocycles. The van der Waals surface area contributed by atoms with E-state index in [0.29, 0.717) is 0 Å². The summed E-state index contributed by atoms with van der Waals surface area (Å²) in [6, 6.07) is 0. The highest BCUT2D eigenvalue weighted by molar-refractivity contribution is 4.93. The maximum absolute atomic E-state index is 5.69. The smallest absolute Gasteiger partial charge is 0.0274 e. The van der Waals surface area contributed by atoms with E-state index in [1.807, 2.05) is 27.7 Å². The second kappa shape index (κ2) is 2.64. The Hall–Kier alpha value is -0.120. The van der Waals surface area contributed by atoms with E-state index in [9.17, 15) is 0 Å². The highest BCUT2D eigenvalue weighted by atomic mass is 16.0. The molecule has 0 bridgehead atoms. The second-order valence-electron chi connectivity index (χ2n) is 3.44. The molecule has 0 aromatic rings. The van der Waals surface area contributed by atoms with Crippen LogP contribution in [0.5, 0.6) is 0 Å². The molecule has 9 heavy (non-hydrogen) atoms. The summed E-state index contributed by atoms with van der Waals surface area (Å²) in [7, 11) is 0. The average molecular weight is 134 g/mol. The van der Waals surface area contributed by atoms with Gasteiger partial charge in [0, 0.05) is 11.1 Å². The third kappa shape index (κ3) is 3.46. The highest BCUT2D eigenvalue weighted by Crippen LogP contribution is 2.13. The van der Waals surface area contributed by atoms with Crippen LogP contribution in [0.15, 0.2) is 0 Å². The third-order valence-electron chi connectivity index (χ3n) is 1.66. The fourth-order valence-corrected chi connectivity index (χ4v) is 0. The van der Waals surface area contributed by atoms with Crippen molar-refractivity contribution in [3.8, 4) is 0 Å². The molecule has 0 saturated heterocycles. The van der Waals surface area contributed by atoms with Crippen molar-refractivity contribution >= 4 is 0 Å². The molecule has 0 radical (unpaired) electrons. The summed E-state index contributed by atoms with van der Waals surface area (Å²) in [4.78, 5) is 0. The van der Waals surface area contributed by atoms with Gasteiger partial charge in [0.05, 0.1) is 0 Å². The van der Waals surface area contributed by atoms with Crippen LogP contribution in [0.3, 0.4) is 0 Å². The van der Waals surface area contributed by atoms with Crippen LogP contribution in [0.2, 0.25) is 0 Å². The Bertz CT molecular complexity index is 66.0. The minimum atomic E-state index is -0.285. The molecule has 0 saturated carbocycles. The zero-order valence-electron chi connectivity index (χ0n) is 6.65. The number of hydrogen-bond acceptors (Lipinski definition) is 2. The Kier molecular flexibility index (Phi) is 3.42. The van der Waals surface area contributed by atoms with Crippen LogP contribution in [0, 0.1) is 0 Å². The van der Waals surface area contributed by atoms with E-state index < -0.39 is 0 Å². The van der Waals surface area contributed by atoms with Crippen molar-refractivity contribution < 1.29 is 5.48 Å². The molecule has 0 amide bonds. The largest absolute Gasteiger partial charge is 0.412 e. The summed E-state index contributed by atoms with van der Waals surface area (Å²) in [5.41, 5.74) is 10.8. The Labute approximate surface area is 56.7 Å². The summed E-state index contributed by atoms with van der Waals surface area (Å²) >= 11 is 0. The van der Waals surface area contributed by atoms with Gasteiger partial charge in [-0.3, -0.25) is 0 Å². The summed E-state index contributed by atoms with van der Waals surface area (Å²) < 4.78 is 0. The zero-order valence-corrected chi connectivity index (χ0v) is 6.65. The first-order chi connectivity index (χ1) is 3.25. The fraction of sp³-hybridized carbons (Fsp3) is 1.00. The standard InChI is InChI=1S/C6H16N2.H2O/c1-5(2,7)6(3,4)8;/h7-8H2,1-4H3;1H2. The van der Waals surface area contributed by atoms with E-state index in [4.69, 9.17) is 11.5 Å². The van der Waals surface area contributed by atoms with E-state index in [1.165, 1.54) is 0 Å². The fourth-order valence-electron chi connectivity index (χ4n) is 0. The quantitative estimate of drug-likeness (QED) is 0.513. The lowest BCUT2D eigenvalue weighted by Crippen LogP contribution is -2.58. The van der Waals surface area contributed by atoms with Crippen LogP contribution in [0.25, 0.3) is 0 Å². The van der Waals surface area contributed by atoms with Crippen molar-refractivity contribution in [2.45, 2.75) is 38.8 Å². The van der Waals surface area contributed by atoms with Gasteiger partial charge in [0.1, 0.15) is 0 Å². The van der Waals surface area contributed by atoms with Gasteiger partial charge in [0.2, 0.25) is 0 Å². The molecule has 0 aromatic heterocycles. The molecule has 0 heterocycles. The molecular weight excluding hydrogens is 116 g/mol. The minimum absolute atomic E-state index is 0. The maximum Gasteiger partial charge on any atom is 0.0274 e. The van der Waals surface area contributed by atoms with Gasteiger partial charge in [-0.05, 0) is 27.7 Å². The molecule has 6 N–H and O–H groups in total. The van der Waals surface area contributed by atoms with E-state index in [-0.39, 0.29) is 16.6 Å². The van der Waals surface area contributed by atoms with Crippen molar-refractivity contribution in [1.82, 2.24) is 0 Å². The average Bonchev–Trinajstić information content (AvgIpc) is 1.25. The lowest BCUT2D eigenvalue weighted by molar-refractivity contribution is 0.309. The number of hydrogen-bond donors (Lipinski definition) is 2. The van der Waals surface area contributed by atoms with Gasteiger partial charge in [0.15, 0.2) is 0 Å². The summed E-state index contributed by atoms with van der Waals surface area (Å²) in [6.07, 6.45) is 0. The van der Waals surface area contributed by atoms with Crippen molar-refractivity contribution in [2.24, 2.45) is 11.5 Å². The van der Waals surface area contributed by atoms with Crippen molar-refractivity contribution in [3.05, 3.63) is 0 Å². The van der Waals surface area contributed by atoms with Crippen molar-refractivity contribution in [1.29, 1.82) is 0 Å². The van der Waals surface area contributed by atoms with Crippen LogP contribution < -0.4 is 11.5 Å². The molecule has 0 atom stereocenters. The highest BCUT2D eigenvalue weighted by Gasteiger charge is 2.28. The molecule has 0 rings (SSSR count). The van der Waals surface area contributed by atoms with Gasteiger partial charge < -0.3 is 16.9 Å². The monoisotopic (exact) mass is 134 g/mol. The maximum atomic E-state index is 5.69. The van der Waals surface area contributed by atoms with Gasteiger partial charge in [-0.15, -0.1) is 0 Å². The first-order valence-electron chi connectivity index (χ1n) is 2.83. The van der Waals surface area contributed by atoms with E-state index >= 15 is 0 Å².